The summed E-state index contributed by atoms with van der Waals surface area (Å²) in [6, 6.07) is 5.25. The minimum Gasteiger partial charge on any atom is -0.494 e. The summed E-state index contributed by atoms with van der Waals surface area (Å²) in [7, 11) is 0. The number of benzene rings is 1. The van der Waals surface area contributed by atoms with Gasteiger partial charge >= 0.3 is 0 Å². The van der Waals surface area contributed by atoms with Crippen LogP contribution in [-0.2, 0) is 11.2 Å². The van der Waals surface area contributed by atoms with Crippen LogP contribution in [0.25, 0.3) is 0 Å². The van der Waals surface area contributed by atoms with Crippen LogP contribution in [0, 0.1) is 0 Å². The number of fused-ring (bicyclic) bond motifs is 1. The second kappa shape index (κ2) is 4.99. The Kier molecular flexibility index (Phi) is 3.42. The molecule has 1 N–H and O–H groups in total. The van der Waals surface area contributed by atoms with E-state index in [9.17, 15) is 9.59 Å². The Balaban J connectivity index is 2.15. The van der Waals surface area contributed by atoms with Crippen molar-refractivity contribution in [3.8, 4) is 5.75 Å². The van der Waals surface area contributed by atoms with Crippen LogP contribution < -0.4 is 10.1 Å². The summed E-state index contributed by atoms with van der Waals surface area (Å²) >= 11 is 0. The highest BCUT2D eigenvalue weighted by molar-refractivity contribution is 6.09. The van der Waals surface area contributed by atoms with E-state index in [0.29, 0.717) is 12.2 Å². The molecule has 90 valence electrons. The minimum absolute atomic E-state index is 0.242. The van der Waals surface area contributed by atoms with Gasteiger partial charge in [0.1, 0.15) is 5.75 Å². The maximum Gasteiger partial charge on any atom is 0.258 e. The van der Waals surface area contributed by atoms with Gasteiger partial charge in [-0.15, -0.1) is 0 Å². The SMILES string of the molecule is CCCCOc1ccc2c(c1)CC(=O)NC2=O. The third kappa shape index (κ3) is 2.64. The van der Waals surface area contributed by atoms with E-state index in [1.54, 1.807) is 18.2 Å². The summed E-state index contributed by atoms with van der Waals surface area (Å²) < 4.78 is 5.54. The number of unbranched alkanes of at least 4 members (excludes halogenated alkanes) is 1. The Hall–Kier alpha value is -1.84. The zero-order chi connectivity index (χ0) is 12.3. The molecule has 1 aliphatic rings. The second-order valence-electron chi connectivity index (χ2n) is 4.08. The predicted molar refractivity (Wildman–Crippen MR) is 63.0 cm³/mol. The maximum absolute atomic E-state index is 11.5. The van der Waals surface area contributed by atoms with Gasteiger partial charge in [-0.3, -0.25) is 14.9 Å². The molecular formula is C13H15NO3. The van der Waals surface area contributed by atoms with Crippen molar-refractivity contribution < 1.29 is 14.3 Å². The summed E-state index contributed by atoms with van der Waals surface area (Å²) in [5.41, 5.74) is 1.31. The molecule has 0 fully saturated rings. The Bertz CT molecular complexity index is 454. The monoisotopic (exact) mass is 233 g/mol. The molecule has 0 atom stereocenters. The zero-order valence-electron chi connectivity index (χ0n) is 9.79. The zero-order valence-corrected chi connectivity index (χ0v) is 9.79. The predicted octanol–water partition coefficient (Wildman–Crippen LogP) is 1.68. The summed E-state index contributed by atoms with van der Waals surface area (Å²) in [4.78, 5) is 22.7. The maximum atomic E-state index is 11.5. The van der Waals surface area contributed by atoms with Gasteiger partial charge in [0.25, 0.3) is 5.91 Å². The lowest BCUT2D eigenvalue weighted by Crippen LogP contribution is -2.37. The lowest BCUT2D eigenvalue weighted by atomic mass is 10.00. The molecular weight excluding hydrogens is 218 g/mol. The largest absolute Gasteiger partial charge is 0.494 e. The number of imide groups is 1. The van der Waals surface area contributed by atoms with Gasteiger partial charge in [0.2, 0.25) is 5.91 Å². The van der Waals surface area contributed by atoms with Crippen molar-refractivity contribution >= 4 is 11.8 Å². The molecule has 2 rings (SSSR count). The van der Waals surface area contributed by atoms with E-state index in [4.69, 9.17) is 4.74 Å². The van der Waals surface area contributed by atoms with Gasteiger partial charge in [0.05, 0.1) is 13.0 Å². The molecule has 0 radical (unpaired) electrons. The fourth-order valence-corrected chi connectivity index (χ4v) is 1.77. The first-order valence-corrected chi connectivity index (χ1v) is 5.80. The highest BCUT2D eigenvalue weighted by Crippen LogP contribution is 2.21. The topological polar surface area (TPSA) is 55.4 Å². The second-order valence-corrected chi connectivity index (χ2v) is 4.08. The first kappa shape index (κ1) is 11.6. The highest BCUT2D eigenvalue weighted by Gasteiger charge is 2.22. The molecule has 0 saturated carbocycles. The smallest absolute Gasteiger partial charge is 0.258 e. The molecule has 17 heavy (non-hydrogen) atoms. The number of hydrogen-bond donors (Lipinski definition) is 1. The molecule has 0 aliphatic carbocycles. The Morgan fingerprint density at radius 2 is 2.18 bits per heavy atom. The van der Waals surface area contributed by atoms with Crippen molar-refractivity contribution in [1.82, 2.24) is 5.32 Å². The number of rotatable bonds is 4. The average Bonchev–Trinajstić information content (AvgIpc) is 2.28. The first-order chi connectivity index (χ1) is 8.20. The van der Waals surface area contributed by atoms with Crippen LogP contribution in [0.1, 0.15) is 35.7 Å². The standard InChI is InChI=1S/C13H15NO3/c1-2-3-6-17-10-4-5-11-9(7-10)8-12(15)14-13(11)16/h4-5,7H,2-3,6,8H2,1H3,(H,14,15,16). The van der Waals surface area contributed by atoms with Gasteiger partial charge in [0, 0.05) is 5.56 Å². The summed E-state index contributed by atoms with van der Waals surface area (Å²) in [5.74, 6) is 0.143. The molecule has 0 unspecified atom stereocenters. The molecule has 1 aromatic rings. The van der Waals surface area contributed by atoms with Gasteiger partial charge in [-0.1, -0.05) is 13.3 Å². The number of carbonyl (C=O) groups is 2. The number of ether oxygens (including phenoxy) is 1. The third-order valence-corrected chi connectivity index (χ3v) is 2.69. The van der Waals surface area contributed by atoms with Crippen LogP contribution in [0.3, 0.4) is 0 Å². The van der Waals surface area contributed by atoms with Crippen LogP contribution in [0.15, 0.2) is 18.2 Å². The minimum atomic E-state index is -0.323. The van der Waals surface area contributed by atoms with E-state index in [2.05, 4.69) is 12.2 Å². The number of carbonyl (C=O) groups excluding carboxylic acids is 2. The fraction of sp³-hybridized carbons (Fsp3) is 0.385. The lowest BCUT2D eigenvalue weighted by Gasteiger charge is -2.16. The normalized spacial score (nSPS) is 14.2. The van der Waals surface area contributed by atoms with E-state index < -0.39 is 0 Å². The van der Waals surface area contributed by atoms with Crippen LogP contribution in [-0.4, -0.2) is 18.4 Å². The van der Waals surface area contributed by atoms with Crippen LogP contribution >= 0.6 is 0 Å². The van der Waals surface area contributed by atoms with Gasteiger partial charge in [-0.25, -0.2) is 0 Å². The van der Waals surface area contributed by atoms with E-state index >= 15 is 0 Å². The fourth-order valence-electron chi connectivity index (χ4n) is 1.77. The number of hydrogen-bond acceptors (Lipinski definition) is 3. The van der Waals surface area contributed by atoms with Gasteiger partial charge in [0.15, 0.2) is 0 Å². The van der Waals surface area contributed by atoms with Crippen molar-refractivity contribution in [3.05, 3.63) is 29.3 Å². The number of amides is 2. The van der Waals surface area contributed by atoms with Gasteiger partial charge in [-0.2, -0.15) is 0 Å². The molecule has 4 nitrogen and oxygen atoms in total. The van der Waals surface area contributed by atoms with Crippen LogP contribution in [0.4, 0.5) is 0 Å². The van der Waals surface area contributed by atoms with Gasteiger partial charge in [-0.05, 0) is 30.2 Å². The molecule has 0 aromatic heterocycles. The Morgan fingerprint density at radius 3 is 2.94 bits per heavy atom. The quantitative estimate of drug-likeness (QED) is 0.636. The molecule has 0 saturated heterocycles. The molecule has 2 amide bonds. The summed E-state index contributed by atoms with van der Waals surface area (Å²) in [6.07, 6.45) is 2.31. The van der Waals surface area contributed by atoms with E-state index in [-0.39, 0.29) is 18.2 Å². The third-order valence-electron chi connectivity index (χ3n) is 2.69. The number of nitrogens with one attached hydrogen (secondary N) is 1. The van der Waals surface area contributed by atoms with Crippen molar-refractivity contribution in [2.45, 2.75) is 26.2 Å². The highest BCUT2D eigenvalue weighted by atomic mass is 16.5. The van der Waals surface area contributed by atoms with Crippen molar-refractivity contribution in [2.24, 2.45) is 0 Å². The molecule has 0 bridgehead atoms. The van der Waals surface area contributed by atoms with E-state index in [1.807, 2.05) is 0 Å². The Morgan fingerprint density at radius 1 is 1.35 bits per heavy atom. The molecule has 1 heterocycles. The van der Waals surface area contributed by atoms with Gasteiger partial charge < -0.3 is 4.74 Å². The molecule has 1 aliphatic heterocycles. The van der Waals surface area contributed by atoms with Crippen LogP contribution in [0.5, 0.6) is 5.75 Å². The van der Waals surface area contributed by atoms with Crippen molar-refractivity contribution in [3.63, 3.8) is 0 Å². The first-order valence-electron chi connectivity index (χ1n) is 5.80. The molecule has 4 heteroatoms. The summed E-state index contributed by atoms with van der Waals surface area (Å²) in [5, 5.41) is 2.29. The van der Waals surface area contributed by atoms with Crippen molar-refractivity contribution in [2.75, 3.05) is 6.61 Å². The van der Waals surface area contributed by atoms with Crippen molar-refractivity contribution in [1.29, 1.82) is 0 Å². The average molecular weight is 233 g/mol. The van der Waals surface area contributed by atoms with E-state index in [0.717, 1.165) is 24.2 Å². The Labute approximate surface area is 100.0 Å². The molecule has 0 spiro atoms. The molecule has 1 aromatic carbocycles. The van der Waals surface area contributed by atoms with E-state index in [1.165, 1.54) is 0 Å². The lowest BCUT2D eigenvalue weighted by molar-refractivity contribution is -0.119. The van der Waals surface area contributed by atoms with Crippen LogP contribution in [0.2, 0.25) is 0 Å². The summed E-state index contributed by atoms with van der Waals surface area (Å²) in [6.45, 7) is 2.76.